The topological polar surface area (TPSA) is 133 Å². The van der Waals surface area contributed by atoms with Crippen molar-refractivity contribution in [2.45, 2.75) is 96.4 Å². The van der Waals surface area contributed by atoms with Gasteiger partial charge >= 0.3 is 5.97 Å². The molecule has 1 heterocycles. The van der Waals surface area contributed by atoms with E-state index in [4.69, 9.17) is 28.4 Å². The number of esters is 1. The van der Waals surface area contributed by atoms with Crippen LogP contribution in [-0.4, -0.2) is 85.0 Å². The Kier molecular flexibility index (Phi) is 16.2. The van der Waals surface area contributed by atoms with Crippen LogP contribution in [0, 0.1) is 0 Å². The van der Waals surface area contributed by atoms with E-state index in [0.29, 0.717) is 37.7 Å². The molecule has 5 atom stereocenters. The third-order valence-electron chi connectivity index (χ3n) is 7.29. The summed E-state index contributed by atoms with van der Waals surface area (Å²) in [4.78, 5) is 12.5. The van der Waals surface area contributed by atoms with Crippen LogP contribution in [0.15, 0.2) is 48.5 Å². The Morgan fingerprint density at radius 3 is 2.20 bits per heavy atom. The van der Waals surface area contributed by atoms with Crippen LogP contribution in [0.2, 0.25) is 0 Å². The monoisotopic (exact) mass is 630 g/mol. The van der Waals surface area contributed by atoms with Crippen molar-refractivity contribution in [3.63, 3.8) is 0 Å². The molecule has 2 aromatic rings. The molecule has 0 spiro atoms. The van der Waals surface area contributed by atoms with Gasteiger partial charge in [-0.1, -0.05) is 58.2 Å². The molecule has 1 saturated heterocycles. The van der Waals surface area contributed by atoms with Crippen LogP contribution >= 0.6 is 0 Å². The van der Waals surface area contributed by atoms with Gasteiger partial charge in [0, 0.05) is 6.08 Å². The number of aliphatic hydroxyl groups is 3. The largest absolute Gasteiger partial charge is 0.494 e. The second-order valence-electron chi connectivity index (χ2n) is 11.1. The summed E-state index contributed by atoms with van der Waals surface area (Å²) in [6.45, 7) is 7.94. The number of hydrogen-bond acceptors (Lipinski definition) is 10. The number of unbranched alkanes of at least 4 members (excludes halogenated alkanes) is 3. The third-order valence-corrected chi connectivity index (χ3v) is 7.29. The summed E-state index contributed by atoms with van der Waals surface area (Å²) in [6.07, 6.45) is 2.47. The highest BCUT2D eigenvalue weighted by atomic mass is 16.7. The van der Waals surface area contributed by atoms with Gasteiger partial charge < -0.3 is 43.7 Å². The molecule has 3 rings (SSSR count). The lowest BCUT2D eigenvalue weighted by Crippen LogP contribution is -2.59. The van der Waals surface area contributed by atoms with Gasteiger partial charge in [-0.2, -0.15) is 0 Å². The van der Waals surface area contributed by atoms with Crippen molar-refractivity contribution < 1.29 is 48.5 Å². The molecule has 10 heteroatoms. The van der Waals surface area contributed by atoms with Crippen molar-refractivity contribution in [2.75, 3.05) is 33.0 Å². The molecule has 5 unspecified atom stereocenters. The number of hydrogen-bond donors (Lipinski definition) is 3. The van der Waals surface area contributed by atoms with Gasteiger partial charge in [0.05, 0.1) is 26.4 Å². The second-order valence-corrected chi connectivity index (χ2v) is 11.1. The van der Waals surface area contributed by atoms with Crippen LogP contribution in [0.1, 0.15) is 70.4 Å². The molecule has 1 aliphatic rings. The lowest BCUT2D eigenvalue weighted by Gasteiger charge is -2.39. The first-order valence-corrected chi connectivity index (χ1v) is 16.1. The van der Waals surface area contributed by atoms with Crippen molar-refractivity contribution in [2.24, 2.45) is 0 Å². The SMILES string of the molecule is CCCCOc1cccc(CCOC2OC(COC(=O)/C=C/c3ccc(OCCCC)c(OCCCC)c3)C(O)C(O)C2O)c1. The first kappa shape index (κ1) is 36.3. The highest BCUT2D eigenvalue weighted by Crippen LogP contribution is 2.30. The van der Waals surface area contributed by atoms with Gasteiger partial charge in [0.2, 0.25) is 0 Å². The lowest BCUT2D eigenvalue weighted by atomic mass is 9.99. The summed E-state index contributed by atoms with van der Waals surface area (Å²) in [7, 11) is 0. The number of carbonyl (C=O) groups is 1. The second kappa shape index (κ2) is 20.1. The van der Waals surface area contributed by atoms with Crippen LogP contribution in [0.4, 0.5) is 0 Å². The standard InChI is InChI=1S/C35H50O10/c1-4-7-18-40-27-12-10-11-25(22-27)17-21-43-35-34(39)33(38)32(37)30(45-35)24-44-31(36)16-14-26-13-15-28(41-19-8-5-2)29(23-26)42-20-9-6-3/h10-16,22-23,30,32-35,37-39H,4-9,17-21,24H2,1-3H3/b16-14+. The average molecular weight is 631 g/mol. The van der Waals surface area contributed by atoms with Gasteiger partial charge in [-0.3, -0.25) is 0 Å². The van der Waals surface area contributed by atoms with E-state index in [2.05, 4.69) is 20.8 Å². The maximum absolute atomic E-state index is 12.5. The smallest absolute Gasteiger partial charge is 0.330 e. The molecule has 0 saturated carbocycles. The highest BCUT2D eigenvalue weighted by Gasteiger charge is 2.44. The fourth-order valence-electron chi connectivity index (χ4n) is 4.50. The fourth-order valence-corrected chi connectivity index (χ4v) is 4.50. The summed E-state index contributed by atoms with van der Waals surface area (Å²) in [6, 6.07) is 13.1. The first-order chi connectivity index (χ1) is 21.9. The molecule has 2 aromatic carbocycles. The molecule has 0 bridgehead atoms. The van der Waals surface area contributed by atoms with E-state index in [1.165, 1.54) is 6.08 Å². The van der Waals surface area contributed by atoms with Gasteiger partial charge in [0.15, 0.2) is 17.8 Å². The highest BCUT2D eigenvalue weighted by molar-refractivity contribution is 5.87. The zero-order chi connectivity index (χ0) is 32.4. The minimum Gasteiger partial charge on any atom is -0.494 e. The van der Waals surface area contributed by atoms with Gasteiger partial charge in [-0.25, -0.2) is 4.79 Å². The number of aliphatic hydroxyl groups excluding tert-OH is 3. The van der Waals surface area contributed by atoms with Crippen LogP contribution < -0.4 is 14.2 Å². The average Bonchev–Trinajstić information content (AvgIpc) is 3.04. The number of ether oxygens (including phenoxy) is 6. The van der Waals surface area contributed by atoms with Gasteiger partial charge in [-0.15, -0.1) is 0 Å². The van der Waals surface area contributed by atoms with E-state index < -0.39 is 36.7 Å². The van der Waals surface area contributed by atoms with E-state index >= 15 is 0 Å². The summed E-state index contributed by atoms with van der Waals surface area (Å²) in [5.74, 6) is 1.38. The van der Waals surface area contributed by atoms with Crippen LogP contribution in [-0.2, 0) is 25.4 Å². The predicted molar refractivity (Wildman–Crippen MR) is 170 cm³/mol. The van der Waals surface area contributed by atoms with Crippen molar-refractivity contribution in [3.8, 4) is 17.2 Å². The molecule has 250 valence electrons. The summed E-state index contributed by atoms with van der Waals surface area (Å²) >= 11 is 0. The van der Waals surface area contributed by atoms with Gasteiger partial charge in [0.25, 0.3) is 0 Å². The van der Waals surface area contributed by atoms with E-state index in [1.54, 1.807) is 6.08 Å². The molecule has 0 aliphatic carbocycles. The van der Waals surface area contributed by atoms with Crippen molar-refractivity contribution in [3.05, 3.63) is 59.7 Å². The van der Waals surface area contributed by atoms with Crippen LogP contribution in [0.5, 0.6) is 17.2 Å². The Morgan fingerprint density at radius 1 is 0.800 bits per heavy atom. The molecule has 3 N–H and O–H groups in total. The summed E-state index contributed by atoms with van der Waals surface area (Å²) in [5, 5.41) is 31.3. The molecule has 0 radical (unpaired) electrons. The van der Waals surface area contributed by atoms with Gasteiger partial charge in [0.1, 0.15) is 36.8 Å². The quantitative estimate of drug-likeness (QED) is 0.106. The fraction of sp³-hybridized carbons (Fsp3) is 0.571. The Morgan fingerprint density at radius 2 is 1.49 bits per heavy atom. The summed E-state index contributed by atoms with van der Waals surface area (Å²) < 4.78 is 34.3. The molecular formula is C35H50O10. The van der Waals surface area contributed by atoms with E-state index in [1.807, 2.05) is 42.5 Å². The van der Waals surface area contributed by atoms with E-state index in [9.17, 15) is 20.1 Å². The number of carbonyl (C=O) groups excluding carboxylic acids is 1. The molecule has 45 heavy (non-hydrogen) atoms. The molecule has 1 aliphatic heterocycles. The van der Waals surface area contributed by atoms with Gasteiger partial charge in [-0.05, 0) is 67.2 Å². The summed E-state index contributed by atoms with van der Waals surface area (Å²) in [5.41, 5.74) is 1.70. The number of rotatable bonds is 20. The maximum Gasteiger partial charge on any atom is 0.330 e. The Labute approximate surface area is 266 Å². The Hall–Kier alpha value is -3.15. The van der Waals surface area contributed by atoms with Crippen molar-refractivity contribution in [1.29, 1.82) is 0 Å². The van der Waals surface area contributed by atoms with E-state index in [0.717, 1.165) is 55.4 Å². The molecule has 1 fully saturated rings. The van der Waals surface area contributed by atoms with Crippen LogP contribution in [0.3, 0.4) is 0 Å². The molecule has 10 nitrogen and oxygen atoms in total. The minimum absolute atomic E-state index is 0.185. The molecule has 0 aromatic heterocycles. The zero-order valence-corrected chi connectivity index (χ0v) is 26.8. The Balaban J connectivity index is 1.51. The maximum atomic E-state index is 12.5. The van der Waals surface area contributed by atoms with Crippen molar-refractivity contribution in [1.82, 2.24) is 0 Å². The predicted octanol–water partition coefficient (Wildman–Crippen LogP) is 4.85. The van der Waals surface area contributed by atoms with Crippen molar-refractivity contribution >= 4 is 12.0 Å². The Bertz CT molecular complexity index is 1170. The first-order valence-electron chi connectivity index (χ1n) is 16.1. The normalized spacial score (nSPS) is 21.5. The zero-order valence-electron chi connectivity index (χ0n) is 26.8. The third kappa shape index (κ3) is 12.3. The van der Waals surface area contributed by atoms with E-state index in [-0.39, 0.29) is 13.2 Å². The van der Waals surface area contributed by atoms with Crippen LogP contribution in [0.25, 0.3) is 6.08 Å². The molecule has 0 amide bonds. The minimum atomic E-state index is -1.54. The molecular weight excluding hydrogens is 580 g/mol. The lowest BCUT2D eigenvalue weighted by molar-refractivity contribution is -0.301. The number of benzene rings is 2.